The smallest absolute Gasteiger partial charge is 0.418 e. The lowest BCUT2D eigenvalue weighted by atomic mass is 9.91. The zero-order valence-electron chi connectivity index (χ0n) is 14.4. The summed E-state index contributed by atoms with van der Waals surface area (Å²) in [5.41, 5.74) is 6.33. The van der Waals surface area contributed by atoms with E-state index in [0.29, 0.717) is 21.9 Å². The molecule has 1 saturated heterocycles. The molecule has 3 rings (SSSR count). The summed E-state index contributed by atoms with van der Waals surface area (Å²) < 4.78 is 46.3. The predicted octanol–water partition coefficient (Wildman–Crippen LogP) is 0.155. The fraction of sp³-hybridized carbons (Fsp3) is 0.467. The normalized spacial score (nSPS) is 21.2. The van der Waals surface area contributed by atoms with E-state index in [-0.39, 0.29) is 26.3 Å². The molecule has 2 aliphatic heterocycles. The number of urea groups is 1. The third-order valence-electron chi connectivity index (χ3n) is 4.18. The minimum Gasteiger partial charge on any atom is -0.492 e. The van der Waals surface area contributed by atoms with Gasteiger partial charge in [0, 0.05) is 6.54 Å². The molecule has 27 heavy (non-hydrogen) atoms. The Labute approximate surface area is 155 Å². The van der Waals surface area contributed by atoms with Gasteiger partial charge in [-0.3, -0.25) is 4.55 Å². The van der Waals surface area contributed by atoms with Crippen molar-refractivity contribution in [3.63, 3.8) is 0 Å². The summed E-state index contributed by atoms with van der Waals surface area (Å²) in [5, 5.41) is 0.528. The van der Waals surface area contributed by atoms with Crippen LogP contribution in [0.1, 0.15) is 30.1 Å². The maximum Gasteiger partial charge on any atom is 0.418 e. The summed E-state index contributed by atoms with van der Waals surface area (Å²) in [6.07, 6.45) is 0. The number of hydrogen-bond acceptors (Lipinski definition) is 8. The zero-order valence-corrected chi connectivity index (χ0v) is 15.2. The first-order valence-electron chi connectivity index (χ1n) is 8.17. The highest BCUT2D eigenvalue weighted by atomic mass is 32.3. The highest BCUT2D eigenvalue weighted by Gasteiger charge is 2.52. The summed E-state index contributed by atoms with van der Waals surface area (Å²) in [5.74, 6) is -0.226. The molecule has 0 aliphatic carbocycles. The number of amides is 2. The van der Waals surface area contributed by atoms with Crippen LogP contribution in [0.4, 0.5) is 4.79 Å². The van der Waals surface area contributed by atoms with Gasteiger partial charge in [-0.05, 0) is 30.2 Å². The molecule has 148 valence electrons. The quantitative estimate of drug-likeness (QED) is 0.481. The second-order valence-corrected chi connectivity index (χ2v) is 6.87. The van der Waals surface area contributed by atoms with E-state index in [4.69, 9.17) is 19.8 Å². The highest BCUT2D eigenvalue weighted by Crippen LogP contribution is 2.45. The highest BCUT2D eigenvalue weighted by molar-refractivity contribution is 7.80. The van der Waals surface area contributed by atoms with Crippen molar-refractivity contribution in [3.8, 4) is 5.75 Å². The molecule has 11 nitrogen and oxygen atoms in total. The van der Waals surface area contributed by atoms with Crippen LogP contribution in [-0.2, 0) is 24.2 Å². The van der Waals surface area contributed by atoms with E-state index >= 15 is 0 Å². The molecule has 2 atom stereocenters. The Kier molecular flexibility index (Phi) is 5.24. The number of carbonyl (C=O) groups excluding carboxylic acids is 2. The van der Waals surface area contributed by atoms with Gasteiger partial charge in [0.05, 0.1) is 13.2 Å². The van der Waals surface area contributed by atoms with E-state index in [2.05, 4.69) is 4.28 Å². The fourth-order valence-electron chi connectivity index (χ4n) is 3.22. The maximum atomic E-state index is 12.6. The van der Waals surface area contributed by atoms with E-state index in [1.807, 2.05) is 0 Å². The van der Waals surface area contributed by atoms with Gasteiger partial charge in [-0.25, -0.2) is 9.59 Å². The Bertz CT molecular complexity index is 859. The average Bonchev–Trinajstić information content (AvgIpc) is 2.86. The molecule has 0 unspecified atom stereocenters. The maximum absolute atomic E-state index is 12.6. The van der Waals surface area contributed by atoms with Gasteiger partial charge < -0.3 is 20.1 Å². The van der Waals surface area contributed by atoms with E-state index in [1.54, 1.807) is 25.1 Å². The molecule has 2 amide bonds. The van der Waals surface area contributed by atoms with Crippen LogP contribution in [0.5, 0.6) is 5.75 Å². The van der Waals surface area contributed by atoms with E-state index in [1.165, 1.54) is 0 Å². The van der Waals surface area contributed by atoms with Crippen molar-refractivity contribution < 1.29 is 36.3 Å². The molecule has 0 radical (unpaired) electrons. The fourth-order valence-corrected chi connectivity index (χ4v) is 3.60. The Hall–Kier alpha value is -2.41. The van der Waals surface area contributed by atoms with E-state index < -0.39 is 34.5 Å². The number of fused-ring (bicyclic) bond motifs is 4. The van der Waals surface area contributed by atoms with Crippen molar-refractivity contribution in [2.75, 3.05) is 26.3 Å². The lowest BCUT2D eigenvalue weighted by Crippen LogP contribution is -2.39. The van der Waals surface area contributed by atoms with Gasteiger partial charge in [-0.2, -0.15) is 13.5 Å². The number of esters is 1. The monoisotopic (exact) mass is 401 g/mol. The zero-order chi connectivity index (χ0) is 19.8. The minimum atomic E-state index is -4.94. The molecular weight excluding hydrogens is 382 g/mol. The number of benzene rings is 1. The number of hydroxylamine groups is 2. The van der Waals surface area contributed by atoms with Crippen molar-refractivity contribution in [1.29, 1.82) is 0 Å². The first-order valence-corrected chi connectivity index (χ1v) is 9.53. The molecule has 2 bridgehead atoms. The SMILES string of the molecule is CCOC(=O)[C@H]1c2ccc(OCCN)cc2[C@@H]2CN1C(=O)N2OS(=O)(=O)O. The number of ether oxygens (including phenoxy) is 2. The summed E-state index contributed by atoms with van der Waals surface area (Å²) in [6, 6.07) is 2.00. The number of carbonyl (C=O) groups is 2. The number of nitrogens with zero attached hydrogens (tertiary/aromatic N) is 2. The largest absolute Gasteiger partial charge is 0.492 e. The second kappa shape index (κ2) is 7.31. The molecule has 3 N–H and O–H groups in total. The molecule has 1 fully saturated rings. The Morgan fingerprint density at radius 1 is 1.37 bits per heavy atom. The predicted molar refractivity (Wildman–Crippen MR) is 89.7 cm³/mol. The van der Waals surface area contributed by atoms with Gasteiger partial charge >= 0.3 is 22.4 Å². The Morgan fingerprint density at radius 2 is 2.11 bits per heavy atom. The van der Waals surface area contributed by atoms with Crippen LogP contribution in [-0.4, -0.2) is 61.2 Å². The minimum absolute atomic E-state index is 0.0226. The molecule has 0 saturated carbocycles. The van der Waals surface area contributed by atoms with Gasteiger partial charge in [0.1, 0.15) is 18.4 Å². The Balaban J connectivity index is 2.06. The molecule has 2 aliphatic rings. The van der Waals surface area contributed by atoms with Crippen LogP contribution < -0.4 is 10.5 Å². The first kappa shape index (κ1) is 19.4. The standard InChI is InChI=1S/C15H19N3O8S/c1-2-24-14(19)13-10-4-3-9(25-6-5-16)7-11(10)12-8-17(13)15(20)18(12)26-27(21,22)23/h3-4,7,12-13H,2,5-6,8,16H2,1H3,(H,21,22,23)/t12-,13+/m0/s1. The number of rotatable bonds is 7. The molecule has 1 aromatic carbocycles. The van der Waals surface area contributed by atoms with Crippen LogP contribution in [0.2, 0.25) is 0 Å². The molecule has 1 aromatic rings. The molecular formula is C15H19N3O8S. The van der Waals surface area contributed by atoms with Crippen molar-refractivity contribution >= 4 is 22.4 Å². The van der Waals surface area contributed by atoms with Crippen LogP contribution >= 0.6 is 0 Å². The van der Waals surface area contributed by atoms with Gasteiger partial charge in [0.15, 0.2) is 6.04 Å². The van der Waals surface area contributed by atoms with Crippen molar-refractivity contribution in [1.82, 2.24) is 9.96 Å². The van der Waals surface area contributed by atoms with E-state index in [0.717, 1.165) is 4.90 Å². The molecule has 0 spiro atoms. The van der Waals surface area contributed by atoms with Crippen LogP contribution in [0.25, 0.3) is 0 Å². The average molecular weight is 401 g/mol. The Morgan fingerprint density at radius 3 is 2.74 bits per heavy atom. The van der Waals surface area contributed by atoms with Crippen LogP contribution in [0.3, 0.4) is 0 Å². The molecule has 0 aromatic heterocycles. The van der Waals surface area contributed by atoms with Gasteiger partial charge in [0.2, 0.25) is 0 Å². The van der Waals surface area contributed by atoms with Gasteiger partial charge in [-0.1, -0.05) is 6.07 Å². The first-order chi connectivity index (χ1) is 12.8. The number of nitrogens with two attached hydrogens (primary N) is 1. The van der Waals surface area contributed by atoms with Gasteiger partial charge in [-0.15, -0.1) is 4.28 Å². The molecule has 12 heteroatoms. The molecule has 2 heterocycles. The third kappa shape index (κ3) is 3.69. The van der Waals surface area contributed by atoms with Crippen LogP contribution in [0.15, 0.2) is 18.2 Å². The van der Waals surface area contributed by atoms with Crippen molar-refractivity contribution in [3.05, 3.63) is 29.3 Å². The topological polar surface area (TPSA) is 149 Å². The van der Waals surface area contributed by atoms with Crippen LogP contribution in [0, 0.1) is 0 Å². The summed E-state index contributed by atoms with van der Waals surface area (Å²) in [7, 11) is -4.94. The summed E-state index contributed by atoms with van der Waals surface area (Å²) >= 11 is 0. The van der Waals surface area contributed by atoms with Gasteiger partial charge in [0.25, 0.3) is 0 Å². The summed E-state index contributed by atoms with van der Waals surface area (Å²) in [6.45, 7) is 2.26. The number of hydrogen-bond donors (Lipinski definition) is 2. The second-order valence-electron chi connectivity index (χ2n) is 5.86. The lowest BCUT2D eigenvalue weighted by Gasteiger charge is -2.31. The third-order valence-corrected chi connectivity index (χ3v) is 4.53. The lowest BCUT2D eigenvalue weighted by molar-refractivity contribution is -0.148. The van der Waals surface area contributed by atoms with Crippen molar-refractivity contribution in [2.24, 2.45) is 5.73 Å². The van der Waals surface area contributed by atoms with E-state index in [9.17, 15) is 18.0 Å². The summed E-state index contributed by atoms with van der Waals surface area (Å²) in [4.78, 5) is 26.2. The van der Waals surface area contributed by atoms with Crippen molar-refractivity contribution in [2.45, 2.75) is 19.0 Å².